The zero-order chi connectivity index (χ0) is 18.5. The van der Waals surface area contributed by atoms with Crippen molar-refractivity contribution in [1.29, 1.82) is 0 Å². The smallest absolute Gasteiger partial charge is 0.0945 e. The third kappa shape index (κ3) is 4.22. The Morgan fingerprint density at radius 2 is 1.38 bits per heavy atom. The Bertz CT molecular complexity index is 822. The molecular weight excluding hydrogens is 337 g/mol. The maximum Gasteiger partial charge on any atom is 0.0945 e. The lowest BCUT2D eigenvalue weighted by molar-refractivity contribution is 0.111. The van der Waals surface area contributed by atoms with Gasteiger partial charge in [0.15, 0.2) is 0 Å². The van der Waals surface area contributed by atoms with Crippen molar-refractivity contribution in [3.05, 3.63) is 96.1 Å². The second-order valence-corrected chi connectivity index (χ2v) is 8.94. The highest BCUT2D eigenvalue weighted by atomic mass is 31.1. The molecular formula is C23H26NOP. The van der Waals surface area contributed by atoms with Crippen LogP contribution >= 0.6 is 8.07 Å². The number of aryl methyl sites for hydroxylation is 1. The number of nitrogens with zero attached hydrogens (tertiary/aromatic N) is 1. The molecule has 0 fully saturated rings. The summed E-state index contributed by atoms with van der Waals surface area (Å²) in [6, 6.07) is 29.2. The molecule has 0 spiro atoms. The van der Waals surface area contributed by atoms with Crippen LogP contribution in [0.2, 0.25) is 0 Å². The van der Waals surface area contributed by atoms with E-state index >= 15 is 0 Å². The highest BCUT2D eigenvalue weighted by Crippen LogP contribution is 2.41. The van der Waals surface area contributed by atoms with E-state index in [9.17, 15) is 5.11 Å². The Morgan fingerprint density at radius 1 is 0.808 bits per heavy atom. The highest BCUT2D eigenvalue weighted by molar-refractivity contribution is 7.70. The summed E-state index contributed by atoms with van der Waals surface area (Å²) >= 11 is 0. The standard InChI is InChI=1S/C23H26NOP/c1-18-11-10-16-22(17-18)26(21-14-8-5-9-15-21)24(3)19(2)23(25)20-12-6-4-7-13-20/h4-17,19,23,25H,1-3H3/t19-,23?,26-/m0/s1. The van der Waals surface area contributed by atoms with E-state index in [0.29, 0.717) is 0 Å². The number of benzene rings is 3. The molecule has 0 heterocycles. The summed E-state index contributed by atoms with van der Waals surface area (Å²) in [6.07, 6.45) is -0.528. The summed E-state index contributed by atoms with van der Waals surface area (Å²) in [5.74, 6) is 0. The molecule has 134 valence electrons. The number of likely N-dealkylation sites (N-methyl/N-ethyl adjacent to an activating group) is 1. The first-order valence-electron chi connectivity index (χ1n) is 8.95. The fraction of sp³-hybridized carbons (Fsp3) is 0.217. The molecule has 2 nitrogen and oxygen atoms in total. The molecule has 0 aromatic heterocycles. The lowest BCUT2D eigenvalue weighted by Gasteiger charge is -2.36. The average Bonchev–Trinajstić information content (AvgIpc) is 2.68. The second kappa shape index (κ2) is 8.60. The van der Waals surface area contributed by atoms with Gasteiger partial charge in [-0.1, -0.05) is 84.4 Å². The van der Waals surface area contributed by atoms with E-state index in [1.165, 1.54) is 16.2 Å². The van der Waals surface area contributed by atoms with Crippen LogP contribution in [0.1, 0.15) is 24.2 Å². The van der Waals surface area contributed by atoms with Gasteiger partial charge in [-0.25, -0.2) is 0 Å². The van der Waals surface area contributed by atoms with Gasteiger partial charge in [-0.3, -0.25) is 4.67 Å². The Morgan fingerprint density at radius 3 is 2.00 bits per heavy atom. The maximum atomic E-state index is 10.9. The monoisotopic (exact) mass is 363 g/mol. The maximum absolute atomic E-state index is 10.9. The van der Waals surface area contributed by atoms with Gasteiger partial charge < -0.3 is 5.11 Å². The van der Waals surface area contributed by atoms with E-state index in [0.717, 1.165) is 5.56 Å². The van der Waals surface area contributed by atoms with Gasteiger partial charge in [0.25, 0.3) is 0 Å². The number of aliphatic hydroxyl groups is 1. The van der Waals surface area contributed by atoms with Crippen molar-refractivity contribution in [2.75, 3.05) is 7.05 Å². The SMILES string of the molecule is Cc1cccc([P@](c2ccccc2)N(C)[C@@H](C)C(O)c2ccccc2)c1. The molecule has 3 aromatic rings. The van der Waals surface area contributed by atoms with Crippen molar-refractivity contribution in [2.45, 2.75) is 26.0 Å². The van der Waals surface area contributed by atoms with Crippen molar-refractivity contribution in [2.24, 2.45) is 0 Å². The fourth-order valence-corrected chi connectivity index (χ4v) is 5.68. The van der Waals surface area contributed by atoms with Crippen LogP contribution < -0.4 is 10.6 Å². The first-order valence-corrected chi connectivity index (χ1v) is 10.2. The van der Waals surface area contributed by atoms with E-state index in [-0.39, 0.29) is 6.04 Å². The van der Waals surface area contributed by atoms with Crippen molar-refractivity contribution in [1.82, 2.24) is 4.67 Å². The average molecular weight is 363 g/mol. The molecule has 0 radical (unpaired) electrons. The van der Waals surface area contributed by atoms with Gasteiger partial charge in [0.1, 0.15) is 0 Å². The predicted octanol–water partition coefficient (Wildman–Crippen LogP) is 4.40. The van der Waals surface area contributed by atoms with Gasteiger partial charge in [-0.15, -0.1) is 0 Å². The molecule has 26 heavy (non-hydrogen) atoms. The molecule has 0 aliphatic carbocycles. The third-order valence-corrected chi connectivity index (χ3v) is 7.30. The van der Waals surface area contributed by atoms with Gasteiger partial charge in [0, 0.05) is 14.1 Å². The summed E-state index contributed by atoms with van der Waals surface area (Å²) < 4.78 is 2.33. The minimum atomic E-state index is -0.717. The normalized spacial score (nSPS) is 14.8. The van der Waals surface area contributed by atoms with E-state index in [1.807, 2.05) is 30.3 Å². The van der Waals surface area contributed by atoms with Gasteiger partial charge >= 0.3 is 0 Å². The molecule has 0 aliphatic rings. The number of hydrogen-bond acceptors (Lipinski definition) is 2. The Hall–Kier alpha value is -1.99. The van der Waals surface area contributed by atoms with Crippen molar-refractivity contribution in [3.8, 4) is 0 Å². The molecule has 1 N–H and O–H groups in total. The Kier molecular flexibility index (Phi) is 6.21. The van der Waals surface area contributed by atoms with Crippen molar-refractivity contribution < 1.29 is 5.11 Å². The first kappa shape index (κ1) is 18.8. The van der Waals surface area contributed by atoms with E-state index in [4.69, 9.17) is 0 Å². The minimum absolute atomic E-state index is 0.00997. The summed E-state index contributed by atoms with van der Waals surface area (Å²) in [6.45, 7) is 4.23. The van der Waals surface area contributed by atoms with Crippen LogP contribution in [0.4, 0.5) is 0 Å². The zero-order valence-corrected chi connectivity index (χ0v) is 16.5. The van der Waals surface area contributed by atoms with Crippen LogP contribution in [0.3, 0.4) is 0 Å². The molecule has 3 heteroatoms. The van der Waals surface area contributed by atoms with Crippen LogP contribution in [0.25, 0.3) is 0 Å². The van der Waals surface area contributed by atoms with E-state index in [1.54, 1.807) is 0 Å². The lowest BCUT2D eigenvalue weighted by atomic mass is 10.0. The Balaban J connectivity index is 1.96. The highest BCUT2D eigenvalue weighted by Gasteiger charge is 2.28. The molecule has 0 aliphatic heterocycles. The van der Waals surface area contributed by atoms with Crippen LogP contribution in [-0.2, 0) is 0 Å². The summed E-state index contributed by atoms with van der Waals surface area (Å²) in [4.78, 5) is 0. The summed E-state index contributed by atoms with van der Waals surface area (Å²) in [5.41, 5.74) is 2.22. The van der Waals surface area contributed by atoms with Crippen molar-refractivity contribution in [3.63, 3.8) is 0 Å². The summed E-state index contributed by atoms with van der Waals surface area (Å²) in [5, 5.41) is 13.5. The fourth-order valence-electron chi connectivity index (χ4n) is 3.16. The van der Waals surface area contributed by atoms with Crippen LogP contribution in [0.15, 0.2) is 84.9 Å². The molecule has 0 saturated heterocycles. The molecule has 3 rings (SSSR count). The first-order chi connectivity index (χ1) is 12.6. The number of rotatable bonds is 6. The van der Waals surface area contributed by atoms with Gasteiger partial charge in [0.05, 0.1) is 6.10 Å². The van der Waals surface area contributed by atoms with Gasteiger partial charge in [-0.05, 0) is 43.1 Å². The minimum Gasteiger partial charge on any atom is -0.387 e. The quantitative estimate of drug-likeness (QED) is 0.657. The van der Waals surface area contributed by atoms with Gasteiger partial charge in [-0.2, -0.15) is 0 Å². The second-order valence-electron chi connectivity index (χ2n) is 6.66. The zero-order valence-electron chi connectivity index (χ0n) is 15.6. The van der Waals surface area contributed by atoms with Crippen molar-refractivity contribution >= 4 is 18.7 Å². The van der Waals surface area contributed by atoms with Gasteiger partial charge in [0.2, 0.25) is 0 Å². The molecule has 0 saturated carbocycles. The van der Waals surface area contributed by atoms with Crippen LogP contribution in [-0.4, -0.2) is 22.9 Å². The molecule has 0 amide bonds. The van der Waals surface area contributed by atoms with Crippen LogP contribution in [0, 0.1) is 6.92 Å². The van der Waals surface area contributed by atoms with E-state index < -0.39 is 14.2 Å². The van der Waals surface area contributed by atoms with E-state index in [2.05, 4.69) is 80.2 Å². The lowest BCUT2D eigenvalue weighted by Crippen LogP contribution is -2.36. The Labute approximate surface area is 157 Å². The molecule has 0 bridgehead atoms. The molecule has 1 unspecified atom stereocenters. The molecule has 3 aromatic carbocycles. The molecule has 3 atom stereocenters. The number of aliphatic hydroxyl groups excluding tert-OH is 1. The number of hydrogen-bond donors (Lipinski definition) is 1. The topological polar surface area (TPSA) is 23.5 Å². The largest absolute Gasteiger partial charge is 0.387 e. The van der Waals surface area contributed by atoms with Crippen LogP contribution in [0.5, 0.6) is 0 Å². The third-order valence-electron chi connectivity index (χ3n) is 4.75. The predicted molar refractivity (Wildman–Crippen MR) is 112 cm³/mol. The summed E-state index contributed by atoms with van der Waals surface area (Å²) in [7, 11) is 1.41.